The number of likely N-dealkylation sites (tertiary alicyclic amines) is 1. The Morgan fingerprint density at radius 3 is 2.71 bits per heavy atom. The lowest BCUT2D eigenvalue weighted by atomic mass is 9.83. The van der Waals surface area contributed by atoms with Crippen LogP contribution >= 0.6 is 0 Å². The molecule has 1 aromatic rings. The molecule has 1 saturated carbocycles. The molecule has 2 atom stereocenters. The fourth-order valence-electron chi connectivity index (χ4n) is 5.94. The van der Waals surface area contributed by atoms with E-state index in [1.807, 2.05) is 0 Å². The zero-order valence-electron chi connectivity index (χ0n) is 19.6. The predicted octanol–water partition coefficient (Wildman–Crippen LogP) is 4.71. The fraction of sp³-hybridized carbons (Fsp3) is 0.720. The third-order valence-electron chi connectivity index (χ3n) is 7.83. The molecule has 0 spiro atoms. The molecule has 1 aromatic carbocycles. The molecule has 0 bridgehead atoms. The summed E-state index contributed by atoms with van der Waals surface area (Å²) in [6, 6.07) is 6.04. The maximum atomic E-state index is 14.7. The van der Waals surface area contributed by atoms with E-state index in [1.165, 1.54) is 52.2 Å². The fourth-order valence-corrected chi connectivity index (χ4v) is 5.94. The van der Waals surface area contributed by atoms with Crippen LogP contribution in [0.5, 0.6) is 5.75 Å². The largest absolute Gasteiger partial charge is 0.494 e. The van der Waals surface area contributed by atoms with Gasteiger partial charge in [-0.3, -0.25) is 9.38 Å². The van der Waals surface area contributed by atoms with Crippen molar-refractivity contribution >= 4 is 12.0 Å². The number of aliphatic imine (C=N–C) groups is 1. The summed E-state index contributed by atoms with van der Waals surface area (Å²) in [5.74, 6) is 1.64. The second-order valence-corrected chi connectivity index (χ2v) is 10.0. The molecule has 0 N–H and O–H groups in total. The van der Waals surface area contributed by atoms with Crippen LogP contribution in [0.3, 0.4) is 0 Å². The summed E-state index contributed by atoms with van der Waals surface area (Å²) < 4.78 is 20.6. The highest BCUT2D eigenvalue weighted by molar-refractivity contribution is 5.58. The van der Waals surface area contributed by atoms with E-state index in [-0.39, 0.29) is 5.82 Å². The number of ether oxygens (including phenoxy) is 1. The molecule has 4 rings (SSSR count). The van der Waals surface area contributed by atoms with Crippen molar-refractivity contribution in [1.29, 1.82) is 0 Å². The summed E-state index contributed by atoms with van der Waals surface area (Å²) in [4.78, 5) is 9.84. The molecule has 0 amide bonds. The van der Waals surface area contributed by atoms with Gasteiger partial charge in [-0.15, -0.1) is 0 Å². The van der Waals surface area contributed by atoms with Crippen LogP contribution in [0.1, 0.15) is 52.4 Å². The van der Waals surface area contributed by atoms with Crippen molar-refractivity contribution in [1.82, 2.24) is 14.3 Å². The van der Waals surface area contributed by atoms with Gasteiger partial charge in [0.2, 0.25) is 0 Å². The zero-order valence-corrected chi connectivity index (χ0v) is 19.6. The average Bonchev–Trinajstić information content (AvgIpc) is 3.22. The zero-order chi connectivity index (χ0) is 21.8. The standard InChI is InChI=1S/C25H40FN4O/c1-4-29-13-5-6-22(29)16-30(23-11-12-25(31-3)24(26)14-23)18-27-17-28(19-30)15-21-9-7-20(2)8-10-21/h11-12,14,17,20-22H,4-10,13,15-16,18-19H2,1-3H3/q+1. The molecule has 2 aliphatic heterocycles. The van der Waals surface area contributed by atoms with E-state index in [0.29, 0.717) is 22.9 Å². The molecule has 0 radical (unpaired) electrons. The quantitative estimate of drug-likeness (QED) is 0.585. The molecular weight excluding hydrogens is 391 g/mol. The molecule has 31 heavy (non-hydrogen) atoms. The maximum Gasteiger partial charge on any atom is 0.180 e. The normalized spacial score (nSPS) is 31.9. The Kier molecular flexibility index (Phi) is 7.17. The van der Waals surface area contributed by atoms with E-state index in [0.717, 1.165) is 43.8 Å². The molecule has 2 fully saturated rings. The van der Waals surface area contributed by atoms with Gasteiger partial charge in [0, 0.05) is 18.7 Å². The average molecular weight is 432 g/mol. The topological polar surface area (TPSA) is 28.1 Å². The Labute approximate surface area is 187 Å². The Balaban J connectivity index is 1.57. The van der Waals surface area contributed by atoms with Gasteiger partial charge < -0.3 is 9.64 Å². The smallest absolute Gasteiger partial charge is 0.180 e. The highest BCUT2D eigenvalue weighted by Crippen LogP contribution is 2.34. The Morgan fingerprint density at radius 1 is 1.19 bits per heavy atom. The number of nitrogens with zero attached hydrogens (tertiary/aromatic N) is 4. The van der Waals surface area contributed by atoms with Crippen molar-refractivity contribution in [3.8, 4) is 5.75 Å². The number of hydrogen-bond acceptors (Lipinski definition) is 4. The van der Waals surface area contributed by atoms with Crippen LogP contribution in [0.25, 0.3) is 0 Å². The molecule has 6 heteroatoms. The number of quaternary nitrogens is 1. The summed E-state index contributed by atoms with van der Waals surface area (Å²) in [5, 5.41) is 0. The summed E-state index contributed by atoms with van der Waals surface area (Å²) in [6.07, 6.45) is 9.84. The van der Waals surface area contributed by atoms with Crippen LogP contribution in [0, 0.1) is 17.7 Å². The number of halogens is 1. The summed E-state index contributed by atoms with van der Waals surface area (Å²) in [5.41, 5.74) is 1.01. The maximum absolute atomic E-state index is 14.7. The summed E-state index contributed by atoms with van der Waals surface area (Å²) >= 11 is 0. The highest BCUT2D eigenvalue weighted by atomic mass is 19.1. The molecule has 1 saturated heterocycles. The monoisotopic (exact) mass is 431 g/mol. The van der Waals surface area contributed by atoms with Crippen LogP contribution in [0.4, 0.5) is 10.1 Å². The van der Waals surface area contributed by atoms with Crippen molar-refractivity contribution in [2.75, 3.05) is 46.6 Å². The van der Waals surface area contributed by atoms with E-state index < -0.39 is 0 Å². The van der Waals surface area contributed by atoms with Gasteiger partial charge >= 0.3 is 0 Å². The Hall–Kier alpha value is -1.66. The van der Waals surface area contributed by atoms with Gasteiger partial charge in [0.15, 0.2) is 24.9 Å². The minimum atomic E-state index is -0.279. The van der Waals surface area contributed by atoms with E-state index in [2.05, 4.69) is 36.1 Å². The minimum Gasteiger partial charge on any atom is -0.494 e. The van der Waals surface area contributed by atoms with Crippen molar-refractivity contribution in [3.63, 3.8) is 0 Å². The molecule has 2 heterocycles. The number of benzene rings is 1. The SMILES string of the molecule is CCN1CCCC1C[N+]1(c2ccc(OC)c(F)c2)CN=CN(CC2CCC(C)CC2)C1. The van der Waals surface area contributed by atoms with Gasteiger partial charge in [-0.2, -0.15) is 0 Å². The van der Waals surface area contributed by atoms with Gasteiger partial charge in [-0.1, -0.05) is 26.7 Å². The summed E-state index contributed by atoms with van der Waals surface area (Å²) in [6.45, 7) is 10.5. The molecule has 172 valence electrons. The number of methoxy groups -OCH3 is 1. The van der Waals surface area contributed by atoms with E-state index >= 15 is 0 Å². The van der Waals surface area contributed by atoms with Crippen LogP contribution in [-0.2, 0) is 0 Å². The summed E-state index contributed by atoms with van der Waals surface area (Å²) in [7, 11) is 1.53. The van der Waals surface area contributed by atoms with Crippen molar-refractivity contribution in [2.45, 2.75) is 58.4 Å². The van der Waals surface area contributed by atoms with Crippen LogP contribution < -0.4 is 9.22 Å². The van der Waals surface area contributed by atoms with Gasteiger partial charge in [0.1, 0.15) is 12.2 Å². The molecule has 1 aliphatic carbocycles. The lowest BCUT2D eigenvalue weighted by Gasteiger charge is -2.45. The van der Waals surface area contributed by atoms with Crippen molar-refractivity contribution < 1.29 is 9.13 Å². The first-order chi connectivity index (χ1) is 15.0. The predicted molar refractivity (Wildman–Crippen MR) is 126 cm³/mol. The highest BCUT2D eigenvalue weighted by Gasteiger charge is 2.40. The van der Waals surface area contributed by atoms with Gasteiger partial charge in [0.25, 0.3) is 0 Å². The minimum absolute atomic E-state index is 0.279. The molecule has 0 aromatic heterocycles. The first-order valence-electron chi connectivity index (χ1n) is 12.2. The molecular formula is C25H40FN4O+. The van der Waals surface area contributed by atoms with Gasteiger partial charge in [0.05, 0.1) is 19.5 Å². The van der Waals surface area contributed by atoms with E-state index in [4.69, 9.17) is 9.73 Å². The van der Waals surface area contributed by atoms with E-state index in [1.54, 1.807) is 12.1 Å². The number of hydrogen-bond donors (Lipinski definition) is 0. The second-order valence-electron chi connectivity index (χ2n) is 10.0. The first-order valence-corrected chi connectivity index (χ1v) is 12.2. The van der Waals surface area contributed by atoms with E-state index in [9.17, 15) is 4.39 Å². The number of likely N-dealkylation sites (N-methyl/N-ethyl adjacent to an activating group) is 1. The van der Waals surface area contributed by atoms with Gasteiger partial charge in [-0.05, 0) is 56.7 Å². The van der Waals surface area contributed by atoms with Crippen LogP contribution in [0.15, 0.2) is 23.2 Å². The van der Waals surface area contributed by atoms with Gasteiger partial charge in [-0.25, -0.2) is 9.38 Å². The van der Waals surface area contributed by atoms with Crippen LogP contribution in [-0.4, -0.2) is 68.8 Å². The first kappa shape index (κ1) is 22.5. The Morgan fingerprint density at radius 2 is 2.00 bits per heavy atom. The molecule has 5 nitrogen and oxygen atoms in total. The lowest BCUT2D eigenvalue weighted by Crippen LogP contribution is -2.62. The third kappa shape index (κ3) is 5.06. The third-order valence-corrected chi connectivity index (χ3v) is 7.83. The lowest BCUT2D eigenvalue weighted by molar-refractivity contribution is 0.118. The second kappa shape index (κ2) is 9.86. The van der Waals surface area contributed by atoms with Crippen molar-refractivity contribution in [2.24, 2.45) is 16.8 Å². The molecule has 3 aliphatic rings. The Bertz CT molecular complexity index is 764. The van der Waals surface area contributed by atoms with Crippen LogP contribution in [0.2, 0.25) is 0 Å². The number of rotatable bonds is 7. The van der Waals surface area contributed by atoms with Crippen molar-refractivity contribution in [3.05, 3.63) is 24.0 Å². The molecule has 2 unspecified atom stereocenters.